The summed E-state index contributed by atoms with van der Waals surface area (Å²) in [4.78, 5) is 206. The van der Waals surface area contributed by atoms with E-state index in [1.807, 2.05) is 0 Å². The molecular weight excluding hydrogens is 1500 g/mol. The molecule has 0 aromatic carbocycles. The topological polar surface area (TPSA) is 553 Å². The second-order valence-corrected chi connectivity index (χ2v) is 9.00. The van der Waals surface area contributed by atoms with Crippen molar-refractivity contribution in [1.82, 2.24) is 0 Å². The van der Waals surface area contributed by atoms with Gasteiger partial charge in [-0.3, -0.25) is 0 Å². The van der Waals surface area contributed by atoms with Gasteiger partial charge in [-0.2, -0.15) is 0 Å². The van der Waals surface area contributed by atoms with Crippen molar-refractivity contribution in [2.75, 3.05) is 0 Å². The predicted octanol–water partition coefficient (Wildman–Crippen LogP) is -30.8. The fourth-order valence-electron chi connectivity index (χ4n) is 0. The summed E-state index contributed by atoms with van der Waals surface area (Å²) in [7, 11) is -33.7. The molecule has 34 heavy (non-hydrogen) atoms. The molecule has 0 saturated heterocycles. The Morgan fingerprint density at radius 3 is 0.147 bits per heavy atom. The predicted molar refractivity (Wildman–Crippen MR) is 34.5 cm³/mol. The molecule has 0 spiro atoms. The molecule has 0 saturated carbocycles. The van der Waals surface area contributed by atoms with E-state index in [9.17, 15) is 0 Å². The van der Waals surface area contributed by atoms with Gasteiger partial charge in [-0.15, -0.1) is 0 Å². The zero-order valence-electron chi connectivity index (χ0n) is 14.8. The monoisotopic (exact) mass is 1500 g/mol. The van der Waals surface area contributed by atoms with Crippen LogP contribution < -0.4 is 115 Å². The average molecular weight is 1500 g/mol. The number of hydrogen-bond donors (Lipinski definition) is 0. The van der Waals surface area contributed by atoms with Crippen molar-refractivity contribution in [3.05, 3.63) is 0 Å². The molecule has 0 bridgehead atoms. The van der Waals surface area contributed by atoms with E-state index in [2.05, 4.69) is 0 Å². The van der Waals surface area contributed by atoms with Crippen LogP contribution in [0.25, 0.3) is 0 Å². The molecule has 0 aliphatic rings. The van der Waals surface area contributed by atoms with Crippen molar-refractivity contribution < 1.29 is 240 Å². The van der Waals surface area contributed by atoms with Gasteiger partial charge in [0.05, 0.1) is 0 Å². The summed E-state index contributed by atoms with van der Waals surface area (Å²) in [5.74, 6) is 0. The van der Waals surface area contributed by atoms with Crippen LogP contribution >= 0.6 is 0 Å². The molecule has 208 valence electrons. The van der Waals surface area contributed by atoms with Crippen LogP contribution in [0.5, 0.6) is 0 Å². The summed E-state index contributed by atoms with van der Waals surface area (Å²) in [6, 6.07) is 0. The first-order valence-electron chi connectivity index (χ1n) is 4.90. The molecule has 0 atom stereocenters. The second-order valence-electron chi connectivity index (χ2n) is 3.00. The Labute approximate surface area is 289 Å². The minimum atomic E-state index is -5.61. The van der Waals surface area contributed by atoms with Gasteiger partial charge in [0.15, 0.2) is 0 Å². The van der Waals surface area contributed by atoms with Crippen molar-refractivity contribution in [3.8, 4) is 0 Å². The van der Waals surface area contributed by atoms with Gasteiger partial charge in [-0.25, -0.2) is 0 Å². The Bertz CT molecular complexity index is 226. The molecule has 0 aromatic heterocycles. The van der Waals surface area contributed by atoms with E-state index in [1.165, 1.54) is 0 Å². The van der Waals surface area contributed by atoms with Gasteiger partial charge in [-0.05, 0) is 0 Å². The zero-order valence-corrected chi connectivity index (χ0v) is 37.5. The SMILES string of the molecule is [O-][Si]([O-])([O-])[O-].[O-][Si]([O-])([O-])[O-].[O-][Si]([O-])([O-])[O-].[O-][Si]([O-])([O-])[O-].[O-][Si]([O-])([O-])[O-].[O-][Si]([O-])([O-])[O-].[U].[U].[U].[U]. The summed E-state index contributed by atoms with van der Waals surface area (Å²) in [6.45, 7) is 0. The van der Waals surface area contributed by atoms with Gasteiger partial charge < -0.3 is 169 Å². The van der Waals surface area contributed by atoms with Crippen LogP contribution in [-0.4, -0.2) is 54.3 Å². The molecule has 0 fully saturated rings. The van der Waals surface area contributed by atoms with E-state index in [0.717, 1.165) is 0 Å². The van der Waals surface area contributed by atoms with Crippen LogP contribution in [0.2, 0.25) is 0 Å². The largest absolute Gasteiger partial charge is 0.894 e. The van der Waals surface area contributed by atoms with Gasteiger partial charge in [0, 0.05) is 124 Å². The van der Waals surface area contributed by atoms with Crippen LogP contribution in [0.4, 0.5) is 0 Å². The normalized spacial score (nSPS) is 10.6. The van der Waals surface area contributed by atoms with Gasteiger partial charge in [-0.1, -0.05) is 0 Å². The molecule has 0 N–H and O–H groups in total. The number of hydrogen-bond acceptors (Lipinski definition) is 24. The van der Waals surface area contributed by atoms with Gasteiger partial charge in [0.25, 0.3) is 0 Å². The zero-order chi connectivity index (χ0) is 27.0. The summed E-state index contributed by atoms with van der Waals surface area (Å²) in [5.41, 5.74) is 0. The van der Waals surface area contributed by atoms with Gasteiger partial charge in [0.1, 0.15) is 0 Å². The second kappa shape index (κ2) is 30.5. The van der Waals surface area contributed by atoms with E-state index in [1.54, 1.807) is 0 Å². The quantitative estimate of drug-likeness (QED) is 0.203. The maximum atomic E-state index is 8.58. The van der Waals surface area contributed by atoms with Crippen LogP contribution in [0.3, 0.4) is 0 Å². The van der Waals surface area contributed by atoms with Gasteiger partial charge in [0.2, 0.25) is 0 Å². The summed E-state index contributed by atoms with van der Waals surface area (Å²) in [5, 5.41) is 0. The fourth-order valence-corrected chi connectivity index (χ4v) is 0. The van der Waals surface area contributed by atoms with Crippen molar-refractivity contribution >= 4 is 54.3 Å². The first-order chi connectivity index (χ1) is 12.0. The molecule has 0 aliphatic heterocycles. The maximum absolute atomic E-state index is 8.58. The molecule has 0 heterocycles. The maximum Gasteiger partial charge on any atom is 0 e. The Morgan fingerprint density at radius 2 is 0.147 bits per heavy atom. The van der Waals surface area contributed by atoms with Gasteiger partial charge >= 0.3 is 0 Å². The smallest absolute Gasteiger partial charge is 0 e. The van der Waals surface area contributed by atoms with E-state index >= 15 is 0 Å². The standard InChI is InChI=1S/6O4Si.4U/c6*1-5(2,3)4;;;;/q6*-4;;;;. The minimum Gasteiger partial charge on any atom is -0.894 e. The van der Waals surface area contributed by atoms with Crippen LogP contribution in [0, 0.1) is 124 Å². The Morgan fingerprint density at radius 1 is 0.147 bits per heavy atom. The molecule has 34 heteroatoms. The average Bonchev–Trinajstić information content (AvgIpc) is 1.94. The first-order valence-corrected chi connectivity index (χ1v) is 14.7. The van der Waals surface area contributed by atoms with Crippen molar-refractivity contribution in [2.24, 2.45) is 0 Å². The fraction of sp³-hybridized carbons (Fsp3) is 0. The molecule has 0 radical (unpaired) electrons. The third-order valence-corrected chi connectivity index (χ3v) is 0. The van der Waals surface area contributed by atoms with E-state index < -0.39 is 54.3 Å². The molecular formula is O24Si6U4-24. The van der Waals surface area contributed by atoms with Crippen LogP contribution in [-0.2, 0) is 0 Å². The third-order valence-electron chi connectivity index (χ3n) is 0. The van der Waals surface area contributed by atoms with E-state index in [4.69, 9.17) is 115 Å². The number of rotatable bonds is 0. The first kappa shape index (κ1) is 66.7. The third kappa shape index (κ3) is 2230. The van der Waals surface area contributed by atoms with E-state index in [0.29, 0.717) is 0 Å². The summed E-state index contributed by atoms with van der Waals surface area (Å²) < 4.78 is 0. The Hall–Kier alpha value is 4.55. The molecule has 0 aliphatic carbocycles. The molecule has 0 amide bonds. The van der Waals surface area contributed by atoms with Crippen LogP contribution in [0.15, 0.2) is 0 Å². The Balaban J connectivity index is -0.0000000248. The van der Waals surface area contributed by atoms with Crippen molar-refractivity contribution in [3.63, 3.8) is 0 Å². The summed E-state index contributed by atoms with van der Waals surface area (Å²) >= 11 is 0. The van der Waals surface area contributed by atoms with Crippen molar-refractivity contribution in [1.29, 1.82) is 0 Å². The molecule has 24 nitrogen and oxygen atoms in total. The Kier molecular flexibility index (Phi) is 59.8. The summed E-state index contributed by atoms with van der Waals surface area (Å²) in [6.07, 6.45) is 0. The van der Waals surface area contributed by atoms with Crippen LogP contribution in [0.1, 0.15) is 0 Å². The molecule has 0 unspecified atom stereocenters. The minimum absolute atomic E-state index is 0. The van der Waals surface area contributed by atoms with Crippen molar-refractivity contribution in [2.45, 2.75) is 0 Å². The van der Waals surface area contributed by atoms with E-state index in [-0.39, 0.29) is 124 Å². The molecule has 0 aromatic rings. The molecule has 0 rings (SSSR count).